The highest BCUT2D eigenvalue weighted by atomic mass is 32.1. The number of Topliss-reactive ketones (excluding diaryl/α,β-unsaturated/α-hetero) is 1. The fourth-order valence-corrected chi connectivity index (χ4v) is 4.82. The Bertz CT molecular complexity index is 1400. The highest BCUT2D eigenvalue weighted by molar-refractivity contribution is 7.14. The van der Waals surface area contributed by atoms with Crippen molar-refractivity contribution in [2.45, 2.75) is 19.6 Å². The second kappa shape index (κ2) is 9.56. The van der Waals surface area contributed by atoms with Gasteiger partial charge in [-0.15, -0.1) is 11.3 Å². The summed E-state index contributed by atoms with van der Waals surface area (Å²) in [6.45, 7) is 2.45. The zero-order valence-electron chi connectivity index (χ0n) is 18.9. The molecule has 1 aliphatic heterocycles. The van der Waals surface area contributed by atoms with Crippen molar-refractivity contribution in [1.82, 2.24) is 4.98 Å². The molecule has 0 spiro atoms. The van der Waals surface area contributed by atoms with E-state index in [4.69, 9.17) is 4.74 Å². The number of ether oxygens (including phenoxy) is 1. The minimum Gasteiger partial charge on any atom is -0.507 e. The normalized spacial score (nSPS) is 17.1. The molecule has 1 amide bonds. The Kier molecular flexibility index (Phi) is 6.16. The monoisotopic (exact) mass is 482 g/mol. The molecule has 0 bridgehead atoms. The van der Waals surface area contributed by atoms with Crippen molar-refractivity contribution in [3.8, 4) is 5.75 Å². The van der Waals surface area contributed by atoms with Crippen LogP contribution in [0.5, 0.6) is 5.75 Å². The van der Waals surface area contributed by atoms with Crippen molar-refractivity contribution in [1.29, 1.82) is 0 Å². The molecule has 0 saturated carbocycles. The van der Waals surface area contributed by atoms with Gasteiger partial charge in [-0.25, -0.2) is 4.98 Å². The van der Waals surface area contributed by atoms with Crippen LogP contribution in [0.1, 0.15) is 28.3 Å². The van der Waals surface area contributed by atoms with E-state index in [1.807, 2.05) is 55.5 Å². The summed E-state index contributed by atoms with van der Waals surface area (Å²) in [4.78, 5) is 31.7. The van der Waals surface area contributed by atoms with E-state index < -0.39 is 17.7 Å². The molecule has 1 fully saturated rings. The molecular formula is C28H22N2O4S. The number of carbonyl (C=O) groups excluding carboxylic acids is 2. The maximum Gasteiger partial charge on any atom is 0.301 e. The molecule has 174 valence electrons. The molecule has 1 unspecified atom stereocenters. The van der Waals surface area contributed by atoms with Crippen LogP contribution < -0.4 is 9.64 Å². The van der Waals surface area contributed by atoms with Gasteiger partial charge in [0, 0.05) is 17.1 Å². The molecular weight excluding hydrogens is 460 g/mol. The minimum absolute atomic E-state index is 0.0322. The number of benzene rings is 3. The maximum absolute atomic E-state index is 13.1. The topological polar surface area (TPSA) is 79.7 Å². The molecule has 1 N–H and O–H groups in total. The number of amides is 1. The predicted octanol–water partition coefficient (Wildman–Crippen LogP) is 5.66. The van der Waals surface area contributed by atoms with Gasteiger partial charge in [-0.05, 0) is 42.3 Å². The average molecular weight is 483 g/mol. The number of aliphatic hydroxyl groups is 1. The molecule has 0 radical (unpaired) electrons. The van der Waals surface area contributed by atoms with Crippen LogP contribution in [0, 0.1) is 6.92 Å². The Labute approximate surface area is 206 Å². The molecule has 1 aliphatic rings. The lowest BCUT2D eigenvalue weighted by Gasteiger charge is -2.22. The number of anilines is 1. The minimum atomic E-state index is -0.778. The van der Waals surface area contributed by atoms with Gasteiger partial charge >= 0.3 is 5.91 Å². The van der Waals surface area contributed by atoms with Crippen molar-refractivity contribution in [2.75, 3.05) is 4.90 Å². The number of nitrogens with zero attached hydrogens (tertiary/aromatic N) is 2. The molecule has 1 aromatic heterocycles. The highest BCUT2D eigenvalue weighted by Crippen LogP contribution is 2.42. The highest BCUT2D eigenvalue weighted by Gasteiger charge is 2.47. The van der Waals surface area contributed by atoms with Gasteiger partial charge in [0.25, 0.3) is 5.78 Å². The van der Waals surface area contributed by atoms with Crippen molar-refractivity contribution >= 4 is 33.9 Å². The van der Waals surface area contributed by atoms with E-state index in [0.717, 1.165) is 11.1 Å². The Morgan fingerprint density at radius 3 is 2.49 bits per heavy atom. The van der Waals surface area contributed by atoms with Crippen molar-refractivity contribution < 1.29 is 19.4 Å². The summed E-state index contributed by atoms with van der Waals surface area (Å²) >= 11 is 1.26. The van der Waals surface area contributed by atoms with Gasteiger partial charge in [0.1, 0.15) is 18.1 Å². The van der Waals surface area contributed by atoms with E-state index in [0.29, 0.717) is 28.6 Å². The smallest absolute Gasteiger partial charge is 0.301 e. The van der Waals surface area contributed by atoms with Gasteiger partial charge in [-0.3, -0.25) is 14.5 Å². The molecule has 2 heterocycles. The Morgan fingerprint density at radius 1 is 1.03 bits per heavy atom. The van der Waals surface area contributed by atoms with Crippen LogP contribution in [0.2, 0.25) is 0 Å². The summed E-state index contributed by atoms with van der Waals surface area (Å²) in [7, 11) is 0. The second-order valence-electron chi connectivity index (χ2n) is 8.20. The summed E-state index contributed by atoms with van der Waals surface area (Å²) in [6, 6.07) is 23.3. The SMILES string of the molecule is Cc1cccc(COc2ccc(/C(O)=C3\C(=O)C(=O)N(c4nccs4)C3c3ccccc3)cc2)c1. The standard InChI is InChI=1S/C28H22N2O4S/c1-18-6-5-7-19(16-18)17-34-22-12-10-21(11-13-22)25(31)23-24(20-8-3-2-4-9-20)30(27(33)26(23)32)28-29-14-15-35-28/h2-16,24,31H,17H2,1H3/b25-23+. The molecule has 1 saturated heterocycles. The van der Waals surface area contributed by atoms with Crippen molar-refractivity contribution in [3.05, 3.63) is 118 Å². The molecule has 6 nitrogen and oxygen atoms in total. The average Bonchev–Trinajstić information content (AvgIpc) is 3.50. The van der Waals surface area contributed by atoms with Crippen LogP contribution in [0.3, 0.4) is 0 Å². The van der Waals surface area contributed by atoms with E-state index >= 15 is 0 Å². The fraction of sp³-hybridized carbons (Fsp3) is 0.107. The van der Waals surface area contributed by atoms with Crippen LogP contribution in [0.25, 0.3) is 5.76 Å². The molecule has 0 aliphatic carbocycles. The van der Waals surface area contributed by atoms with Crippen LogP contribution in [-0.2, 0) is 16.2 Å². The Balaban J connectivity index is 1.47. The quantitative estimate of drug-likeness (QED) is 0.218. The number of hydrogen-bond acceptors (Lipinski definition) is 6. The summed E-state index contributed by atoms with van der Waals surface area (Å²) in [5, 5.41) is 13.4. The summed E-state index contributed by atoms with van der Waals surface area (Å²) in [5.74, 6) is -1.06. The summed E-state index contributed by atoms with van der Waals surface area (Å²) < 4.78 is 5.87. The Morgan fingerprint density at radius 2 is 1.80 bits per heavy atom. The van der Waals surface area contributed by atoms with Gasteiger partial charge in [0.15, 0.2) is 5.13 Å². The number of thiazole rings is 1. The largest absolute Gasteiger partial charge is 0.507 e. The Hall–Kier alpha value is -4.23. The van der Waals surface area contributed by atoms with E-state index in [2.05, 4.69) is 11.1 Å². The third-order valence-corrected chi connectivity index (χ3v) is 6.57. The van der Waals surface area contributed by atoms with Crippen molar-refractivity contribution in [3.63, 3.8) is 0 Å². The number of rotatable bonds is 6. The zero-order valence-corrected chi connectivity index (χ0v) is 19.7. The number of carbonyl (C=O) groups is 2. The number of aliphatic hydroxyl groups excluding tert-OH is 1. The van der Waals surface area contributed by atoms with Crippen LogP contribution in [0.15, 0.2) is 96.0 Å². The van der Waals surface area contributed by atoms with Gasteiger partial charge in [-0.2, -0.15) is 0 Å². The molecule has 1 atom stereocenters. The maximum atomic E-state index is 13.1. The second-order valence-corrected chi connectivity index (χ2v) is 9.07. The first-order chi connectivity index (χ1) is 17.0. The van der Waals surface area contributed by atoms with Gasteiger partial charge in [0.2, 0.25) is 0 Å². The lowest BCUT2D eigenvalue weighted by atomic mass is 9.95. The fourth-order valence-electron chi connectivity index (χ4n) is 4.15. The van der Waals surface area contributed by atoms with E-state index in [1.165, 1.54) is 16.2 Å². The molecule has 3 aromatic carbocycles. The zero-order chi connectivity index (χ0) is 24.4. The summed E-state index contributed by atoms with van der Waals surface area (Å²) in [6.07, 6.45) is 1.58. The summed E-state index contributed by atoms with van der Waals surface area (Å²) in [5.41, 5.74) is 3.38. The van der Waals surface area contributed by atoms with Crippen LogP contribution in [-0.4, -0.2) is 21.8 Å². The number of aromatic nitrogens is 1. The molecule has 7 heteroatoms. The van der Waals surface area contributed by atoms with Gasteiger partial charge in [-0.1, -0.05) is 60.2 Å². The molecule has 4 aromatic rings. The first kappa shape index (κ1) is 22.6. The van der Waals surface area contributed by atoms with E-state index in [1.54, 1.807) is 35.8 Å². The van der Waals surface area contributed by atoms with E-state index in [-0.39, 0.29) is 11.3 Å². The lowest BCUT2D eigenvalue weighted by molar-refractivity contribution is -0.132. The first-order valence-electron chi connectivity index (χ1n) is 11.1. The van der Waals surface area contributed by atoms with E-state index in [9.17, 15) is 14.7 Å². The number of hydrogen-bond donors (Lipinski definition) is 1. The number of ketones is 1. The van der Waals surface area contributed by atoms with Crippen LogP contribution in [0.4, 0.5) is 5.13 Å². The number of aryl methyl sites for hydroxylation is 1. The van der Waals surface area contributed by atoms with Crippen LogP contribution >= 0.6 is 11.3 Å². The predicted molar refractivity (Wildman–Crippen MR) is 135 cm³/mol. The third kappa shape index (κ3) is 4.46. The van der Waals surface area contributed by atoms with Gasteiger partial charge < -0.3 is 9.84 Å². The van der Waals surface area contributed by atoms with Gasteiger partial charge in [0.05, 0.1) is 11.6 Å². The third-order valence-electron chi connectivity index (χ3n) is 5.80. The first-order valence-corrected chi connectivity index (χ1v) is 11.9. The molecule has 5 rings (SSSR count). The lowest BCUT2D eigenvalue weighted by Crippen LogP contribution is -2.29. The molecule has 35 heavy (non-hydrogen) atoms. The van der Waals surface area contributed by atoms with Crippen molar-refractivity contribution in [2.24, 2.45) is 0 Å².